The minimum absolute atomic E-state index is 0.532. The lowest BCUT2D eigenvalue weighted by molar-refractivity contribution is 0.851. The first kappa shape index (κ1) is 15.8. The van der Waals surface area contributed by atoms with Crippen molar-refractivity contribution in [3.8, 4) is 0 Å². The summed E-state index contributed by atoms with van der Waals surface area (Å²) in [6.07, 6.45) is 2.09. The van der Waals surface area contributed by atoms with Crippen molar-refractivity contribution in [2.24, 2.45) is 0 Å². The van der Waals surface area contributed by atoms with Crippen LogP contribution in [-0.4, -0.2) is 12.0 Å². The van der Waals surface area contributed by atoms with Gasteiger partial charge in [-0.2, -0.15) is 0 Å². The maximum atomic E-state index is 5.99. The van der Waals surface area contributed by atoms with Gasteiger partial charge in [-0.15, -0.1) is 22.9 Å². The molecule has 2 aromatic heterocycles. The fraction of sp³-hybridized carbons (Fsp3) is 0.400. The molecular weight excluding hydrogens is 356 g/mol. The molecular formula is C15H18BrClN2S. The van der Waals surface area contributed by atoms with Crippen molar-refractivity contribution in [3.63, 3.8) is 0 Å². The van der Waals surface area contributed by atoms with Gasteiger partial charge in [-0.1, -0.05) is 13.3 Å². The summed E-state index contributed by atoms with van der Waals surface area (Å²) in [7, 11) is 2.07. The number of hydrogen-bond donors (Lipinski definition) is 0. The first-order chi connectivity index (χ1) is 9.62. The summed E-state index contributed by atoms with van der Waals surface area (Å²) in [4.78, 5) is 8.22. The Morgan fingerprint density at radius 2 is 2.15 bits per heavy atom. The molecule has 5 heteroatoms. The highest BCUT2D eigenvalue weighted by Crippen LogP contribution is 2.23. The largest absolute Gasteiger partial charge is 0.355 e. The molecule has 0 unspecified atom stereocenters. The number of aryl methyl sites for hydroxylation is 1. The molecule has 20 heavy (non-hydrogen) atoms. The first-order valence-electron chi connectivity index (χ1n) is 6.62. The van der Waals surface area contributed by atoms with E-state index in [0.717, 1.165) is 40.9 Å². The number of halogens is 2. The van der Waals surface area contributed by atoms with E-state index in [-0.39, 0.29) is 0 Å². The van der Waals surface area contributed by atoms with Crippen LogP contribution in [0.2, 0.25) is 0 Å². The lowest BCUT2D eigenvalue weighted by Gasteiger charge is -2.19. The molecule has 0 aliphatic heterocycles. The van der Waals surface area contributed by atoms with Crippen LogP contribution in [0.5, 0.6) is 0 Å². The molecule has 2 heterocycles. The quantitative estimate of drug-likeness (QED) is 0.644. The number of rotatable bonds is 6. The van der Waals surface area contributed by atoms with Crippen molar-refractivity contribution >= 4 is 44.7 Å². The van der Waals surface area contributed by atoms with Crippen molar-refractivity contribution in [3.05, 3.63) is 44.2 Å². The van der Waals surface area contributed by atoms with E-state index in [1.54, 1.807) is 11.3 Å². The van der Waals surface area contributed by atoms with Gasteiger partial charge >= 0.3 is 0 Å². The van der Waals surface area contributed by atoms with E-state index < -0.39 is 0 Å². The number of hydrogen-bond acceptors (Lipinski definition) is 3. The lowest BCUT2D eigenvalue weighted by Crippen LogP contribution is -2.17. The molecule has 0 radical (unpaired) electrons. The Morgan fingerprint density at radius 1 is 1.35 bits per heavy atom. The number of thiophene rings is 1. The highest BCUT2D eigenvalue weighted by molar-refractivity contribution is 9.10. The van der Waals surface area contributed by atoms with Gasteiger partial charge in [0.2, 0.25) is 0 Å². The van der Waals surface area contributed by atoms with Gasteiger partial charge < -0.3 is 4.90 Å². The molecule has 0 aliphatic carbocycles. The van der Waals surface area contributed by atoms with Crippen LogP contribution in [0.25, 0.3) is 0 Å². The fourth-order valence-corrected chi connectivity index (χ4v) is 3.70. The van der Waals surface area contributed by atoms with Crippen molar-refractivity contribution < 1.29 is 0 Å². The highest BCUT2D eigenvalue weighted by atomic mass is 79.9. The van der Waals surface area contributed by atoms with Crippen LogP contribution in [0, 0.1) is 0 Å². The molecule has 0 N–H and O–H groups in total. The van der Waals surface area contributed by atoms with Gasteiger partial charge in [0.15, 0.2) is 0 Å². The zero-order valence-corrected chi connectivity index (χ0v) is 14.9. The van der Waals surface area contributed by atoms with E-state index in [1.165, 1.54) is 4.88 Å². The van der Waals surface area contributed by atoms with Gasteiger partial charge in [-0.05, 0) is 46.1 Å². The standard InChI is InChI=1S/C15H18BrClN2S/c1-3-4-13-5-11(8-17)6-15(18-13)19(2)9-14-7-12(16)10-20-14/h5-7,10H,3-4,8-9H2,1-2H3. The molecule has 0 atom stereocenters. The Labute approximate surface area is 137 Å². The lowest BCUT2D eigenvalue weighted by atomic mass is 10.2. The van der Waals surface area contributed by atoms with Crippen molar-refractivity contribution in [1.82, 2.24) is 4.98 Å². The van der Waals surface area contributed by atoms with Crippen LogP contribution < -0.4 is 4.90 Å². The Balaban J connectivity index is 2.19. The normalized spacial score (nSPS) is 10.8. The van der Waals surface area contributed by atoms with Crippen LogP contribution in [0.4, 0.5) is 5.82 Å². The molecule has 0 fully saturated rings. The minimum Gasteiger partial charge on any atom is -0.355 e. The van der Waals surface area contributed by atoms with Crippen LogP contribution in [0.3, 0.4) is 0 Å². The monoisotopic (exact) mass is 372 g/mol. The van der Waals surface area contributed by atoms with Crippen molar-refractivity contribution in [1.29, 1.82) is 0 Å². The second-order valence-electron chi connectivity index (χ2n) is 4.80. The summed E-state index contributed by atoms with van der Waals surface area (Å²) in [5, 5.41) is 2.11. The van der Waals surface area contributed by atoms with Gasteiger partial charge in [-0.3, -0.25) is 0 Å². The number of alkyl halides is 1. The molecule has 0 aromatic carbocycles. The molecule has 2 aromatic rings. The van der Waals surface area contributed by atoms with Gasteiger partial charge in [0.05, 0.1) is 6.54 Å². The SMILES string of the molecule is CCCc1cc(CCl)cc(N(C)Cc2cc(Br)cs2)n1. The molecule has 0 bridgehead atoms. The summed E-state index contributed by atoms with van der Waals surface area (Å²) in [5.41, 5.74) is 2.26. The number of anilines is 1. The predicted octanol–water partition coefficient (Wildman–Crippen LogP) is 5.23. The van der Waals surface area contributed by atoms with Crippen LogP contribution in [0.1, 0.15) is 29.5 Å². The van der Waals surface area contributed by atoms with Crippen LogP contribution in [0.15, 0.2) is 28.1 Å². The summed E-state index contributed by atoms with van der Waals surface area (Å²) < 4.78 is 1.14. The second kappa shape index (κ2) is 7.43. The minimum atomic E-state index is 0.532. The molecule has 0 aliphatic rings. The number of pyridine rings is 1. The summed E-state index contributed by atoms with van der Waals surface area (Å²) in [6, 6.07) is 6.34. The Kier molecular flexibility index (Phi) is 5.87. The summed E-state index contributed by atoms with van der Waals surface area (Å²) in [5.74, 6) is 1.53. The molecule has 0 saturated carbocycles. The van der Waals surface area contributed by atoms with Crippen LogP contribution in [-0.2, 0) is 18.8 Å². The van der Waals surface area contributed by atoms with Gasteiger partial charge in [0.25, 0.3) is 0 Å². The van der Waals surface area contributed by atoms with E-state index in [9.17, 15) is 0 Å². The Bertz CT molecular complexity index is 571. The van der Waals surface area contributed by atoms with E-state index in [2.05, 4.69) is 58.4 Å². The molecule has 0 amide bonds. The number of nitrogens with zero attached hydrogens (tertiary/aromatic N) is 2. The third-order valence-electron chi connectivity index (χ3n) is 2.99. The van der Waals surface area contributed by atoms with Crippen molar-refractivity contribution in [2.75, 3.05) is 11.9 Å². The second-order valence-corrected chi connectivity index (χ2v) is 6.97. The third-order valence-corrected chi connectivity index (χ3v) is 4.98. The zero-order chi connectivity index (χ0) is 14.5. The fourth-order valence-electron chi connectivity index (χ4n) is 2.04. The zero-order valence-electron chi connectivity index (χ0n) is 11.7. The Hall–Kier alpha value is -0.580. The van der Waals surface area contributed by atoms with Crippen molar-refractivity contribution in [2.45, 2.75) is 32.2 Å². The van der Waals surface area contributed by atoms with E-state index in [0.29, 0.717) is 5.88 Å². The highest BCUT2D eigenvalue weighted by Gasteiger charge is 2.08. The van der Waals surface area contributed by atoms with E-state index >= 15 is 0 Å². The number of aromatic nitrogens is 1. The molecule has 0 saturated heterocycles. The summed E-state index contributed by atoms with van der Waals surface area (Å²) >= 11 is 11.2. The van der Waals surface area contributed by atoms with Gasteiger partial charge in [0.1, 0.15) is 5.82 Å². The molecule has 2 rings (SSSR count). The van der Waals surface area contributed by atoms with Gasteiger partial charge in [-0.25, -0.2) is 4.98 Å². The predicted molar refractivity (Wildman–Crippen MR) is 91.9 cm³/mol. The molecule has 2 nitrogen and oxygen atoms in total. The van der Waals surface area contributed by atoms with Gasteiger partial charge in [0, 0.05) is 33.4 Å². The first-order valence-corrected chi connectivity index (χ1v) is 8.83. The average molecular weight is 374 g/mol. The molecule has 0 spiro atoms. The van der Waals surface area contributed by atoms with E-state index in [4.69, 9.17) is 16.6 Å². The Morgan fingerprint density at radius 3 is 2.75 bits per heavy atom. The maximum absolute atomic E-state index is 5.99. The van der Waals surface area contributed by atoms with E-state index in [1.807, 2.05) is 0 Å². The maximum Gasteiger partial charge on any atom is 0.129 e. The van der Waals surface area contributed by atoms with Crippen LogP contribution >= 0.6 is 38.9 Å². The molecule has 108 valence electrons. The third kappa shape index (κ3) is 4.21. The smallest absolute Gasteiger partial charge is 0.129 e. The summed E-state index contributed by atoms with van der Waals surface area (Å²) in [6.45, 7) is 3.03. The average Bonchev–Trinajstić information content (AvgIpc) is 2.84. The topological polar surface area (TPSA) is 16.1 Å².